The van der Waals surface area contributed by atoms with E-state index in [0.29, 0.717) is 13.2 Å². The molecule has 0 aliphatic rings. The zero-order chi connectivity index (χ0) is 11.0. The van der Waals surface area contributed by atoms with Gasteiger partial charge in [0, 0.05) is 28.4 Å². The summed E-state index contributed by atoms with van der Waals surface area (Å²) in [7, 11) is 6.15. The van der Waals surface area contributed by atoms with Gasteiger partial charge in [0.2, 0.25) is 0 Å². The van der Waals surface area contributed by atoms with E-state index in [1.54, 1.807) is 14.2 Å². The van der Waals surface area contributed by atoms with E-state index in [-0.39, 0.29) is 0 Å². The number of hydrogen-bond donors (Lipinski definition) is 1. The Bertz CT molecular complexity index is 116. The van der Waals surface area contributed by atoms with Gasteiger partial charge < -0.3 is 24.1 Å². The first-order chi connectivity index (χ1) is 6.71. The lowest BCUT2D eigenvalue weighted by Gasteiger charge is -2.27. The summed E-state index contributed by atoms with van der Waals surface area (Å²) in [6.45, 7) is 0.641. The second-order valence-corrected chi connectivity index (χ2v) is 2.95. The molecule has 2 unspecified atom stereocenters. The fourth-order valence-corrected chi connectivity index (χ4v) is 1.18. The number of aliphatic hydroxyl groups is 1. The van der Waals surface area contributed by atoms with E-state index in [0.717, 1.165) is 0 Å². The molecule has 0 spiro atoms. The first-order valence-electron chi connectivity index (χ1n) is 4.42. The molecule has 0 bridgehead atoms. The molecule has 0 aromatic carbocycles. The lowest BCUT2D eigenvalue weighted by Crippen LogP contribution is -2.44. The summed E-state index contributed by atoms with van der Waals surface area (Å²) < 4.78 is 20.0. The predicted octanol–water partition coefficient (Wildman–Crippen LogP) is -0.330. The van der Waals surface area contributed by atoms with E-state index in [4.69, 9.17) is 18.9 Å². The lowest BCUT2D eigenvalue weighted by molar-refractivity contribution is -0.123. The smallest absolute Gasteiger partial charge is 0.111 e. The number of aliphatic hydroxyl groups excluding tert-OH is 1. The summed E-state index contributed by atoms with van der Waals surface area (Å²) in [4.78, 5) is 0. The number of hydrogen-bond acceptors (Lipinski definition) is 5. The molecule has 14 heavy (non-hydrogen) atoms. The lowest BCUT2D eigenvalue weighted by atomic mass is 10.1. The van der Waals surface area contributed by atoms with Crippen molar-refractivity contribution in [1.82, 2.24) is 0 Å². The molecule has 1 N–H and O–H groups in total. The maximum absolute atomic E-state index is 9.82. The van der Waals surface area contributed by atoms with E-state index >= 15 is 0 Å². The number of rotatable bonds is 8. The molecular formula is C9H20O5. The first kappa shape index (κ1) is 13.8. The van der Waals surface area contributed by atoms with E-state index in [1.807, 2.05) is 0 Å². The summed E-state index contributed by atoms with van der Waals surface area (Å²) in [5, 5.41) is 9.82. The highest BCUT2D eigenvalue weighted by Gasteiger charge is 2.27. The fraction of sp³-hybridized carbons (Fsp3) is 1.00. The summed E-state index contributed by atoms with van der Waals surface area (Å²) in [6, 6.07) is 0. The van der Waals surface area contributed by atoms with Crippen LogP contribution in [-0.4, -0.2) is 65.1 Å². The Hall–Kier alpha value is -0.200. The van der Waals surface area contributed by atoms with Crippen molar-refractivity contribution >= 4 is 0 Å². The molecule has 86 valence electrons. The predicted molar refractivity (Wildman–Crippen MR) is 51.4 cm³/mol. The van der Waals surface area contributed by atoms with Gasteiger partial charge in [-0.05, 0) is 0 Å². The standard InChI is InChI=1S/C9H20O5/c1-11-5-7(13-3)9(10)8(14-4)6-12-2/h7-10H,5-6H2,1-4H3. The second kappa shape index (κ2) is 8.14. The highest BCUT2D eigenvalue weighted by molar-refractivity contribution is 4.77. The highest BCUT2D eigenvalue weighted by atomic mass is 16.6. The van der Waals surface area contributed by atoms with Crippen LogP contribution in [-0.2, 0) is 18.9 Å². The Morgan fingerprint density at radius 2 is 1.21 bits per heavy atom. The minimum Gasteiger partial charge on any atom is -0.388 e. The van der Waals surface area contributed by atoms with Crippen molar-refractivity contribution in [2.45, 2.75) is 18.3 Å². The summed E-state index contributed by atoms with van der Waals surface area (Å²) >= 11 is 0. The number of methoxy groups -OCH3 is 4. The van der Waals surface area contributed by atoms with Crippen molar-refractivity contribution in [2.75, 3.05) is 41.7 Å². The van der Waals surface area contributed by atoms with E-state index in [1.165, 1.54) is 14.2 Å². The third kappa shape index (κ3) is 4.34. The van der Waals surface area contributed by atoms with E-state index in [2.05, 4.69) is 0 Å². The first-order valence-corrected chi connectivity index (χ1v) is 4.42. The van der Waals surface area contributed by atoms with Gasteiger partial charge in [-0.15, -0.1) is 0 Å². The molecule has 0 amide bonds. The van der Waals surface area contributed by atoms with Gasteiger partial charge in [0.05, 0.1) is 13.2 Å². The fourth-order valence-electron chi connectivity index (χ4n) is 1.18. The van der Waals surface area contributed by atoms with Crippen molar-refractivity contribution in [1.29, 1.82) is 0 Å². The summed E-state index contributed by atoms with van der Waals surface area (Å²) in [5.74, 6) is 0. The molecule has 0 aromatic rings. The summed E-state index contributed by atoms with van der Waals surface area (Å²) in [5.41, 5.74) is 0. The molecule has 0 aliphatic heterocycles. The zero-order valence-electron chi connectivity index (χ0n) is 9.23. The van der Waals surface area contributed by atoms with Gasteiger partial charge in [0.1, 0.15) is 18.3 Å². The van der Waals surface area contributed by atoms with Gasteiger partial charge in [0.25, 0.3) is 0 Å². The van der Waals surface area contributed by atoms with E-state index in [9.17, 15) is 5.11 Å². The zero-order valence-corrected chi connectivity index (χ0v) is 9.23. The van der Waals surface area contributed by atoms with Crippen LogP contribution in [0.5, 0.6) is 0 Å². The van der Waals surface area contributed by atoms with Gasteiger partial charge >= 0.3 is 0 Å². The Morgan fingerprint density at radius 1 is 0.857 bits per heavy atom. The van der Waals surface area contributed by atoms with Crippen LogP contribution < -0.4 is 0 Å². The Balaban J connectivity index is 4.13. The monoisotopic (exact) mass is 208 g/mol. The Kier molecular flexibility index (Phi) is 8.02. The molecule has 5 heteroatoms. The van der Waals surface area contributed by atoms with Gasteiger partial charge in [-0.3, -0.25) is 0 Å². The van der Waals surface area contributed by atoms with Crippen LogP contribution in [0.15, 0.2) is 0 Å². The molecule has 0 rings (SSSR count). The van der Waals surface area contributed by atoms with Crippen molar-refractivity contribution in [3.63, 3.8) is 0 Å². The third-order valence-corrected chi connectivity index (χ3v) is 2.03. The summed E-state index contributed by atoms with van der Waals surface area (Å²) in [6.07, 6.45) is -1.56. The maximum Gasteiger partial charge on any atom is 0.111 e. The van der Waals surface area contributed by atoms with Crippen molar-refractivity contribution < 1.29 is 24.1 Å². The molecule has 5 nitrogen and oxygen atoms in total. The maximum atomic E-state index is 9.82. The minimum atomic E-state index is -0.759. The largest absolute Gasteiger partial charge is 0.388 e. The molecule has 0 saturated carbocycles. The minimum absolute atomic E-state index is 0.321. The molecule has 0 aromatic heterocycles. The van der Waals surface area contributed by atoms with Crippen LogP contribution in [0.2, 0.25) is 0 Å². The van der Waals surface area contributed by atoms with Gasteiger partial charge in [-0.2, -0.15) is 0 Å². The van der Waals surface area contributed by atoms with Crippen LogP contribution in [0, 0.1) is 0 Å². The molecule has 0 fully saturated rings. The van der Waals surface area contributed by atoms with E-state index < -0.39 is 18.3 Å². The number of ether oxygens (including phenoxy) is 4. The van der Waals surface area contributed by atoms with Crippen molar-refractivity contribution in [2.24, 2.45) is 0 Å². The van der Waals surface area contributed by atoms with Crippen molar-refractivity contribution in [3.05, 3.63) is 0 Å². The Morgan fingerprint density at radius 3 is 1.43 bits per heavy atom. The van der Waals surface area contributed by atoms with Crippen LogP contribution in [0.25, 0.3) is 0 Å². The highest BCUT2D eigenvalue weighted by Crippen LogP contribution is 2.07. The van der Waals surface area contributed by atoms with Gasteiger partial charge in [-0.1, -0.05) is 0 Å². The molecule has 0 radical (unpaired) electrons. The average molecular weight is 208 g/mol. The molecule has 2 atom stereocenters. The van der Waals surface area contributed by atoms with Crippen LogP contribution in [0.4, 0.5) is 0 Å². The second-order valence-electron chi connectivity index (χ2n) is 2.95. The van der Waals surface area contributed by atoms with Gasteiger partial charge in [0.15, 0.2) is 0 Å². The molecule has 0 aliphatic carbocycles. The van der Waals surface area contributed by atoms with Crippen LogP contribution in [0.3, 0.4) is 0 Å². The van der Waals surface area contributed by atoms with Crippen molar-refractivity contribution in [3.8, 4) is 0 Å². The van der Waals surface area contributed by atoms with Crippen LogP contribution in [0.1, 0.15) is 0 Å². The molecule has 0 heterocycles. The normalized spacial score (nSPS) is 17.8. The average Bonchev–Trinajstić information content (AvgIpc) is 2.21. The topological polar surface area (TPSA) is 57.2 Å². The molecule has 0 saturated heterocycles. The SMILES string of the molecule is COCC(OC)C(O)C(COC)OC. The molecular weight excluding hydrogens is 188 g/mol. The third-order valence-electron chi connectivity index (χ3n) is 2.03. The van der Waals surface area contributed by atoms with Gasteiger partial charge in [-0.25, -0.2) is 0 Å². The Labute approximate surface area is 84.9 Å². The van der Waals surface area contributed by atoms with Crippen LogP contribution >= 0.6 is 0 Å². The quantitative estimate of drug-likeness (QED) is 0.592.